The second kappa shape index (κ2) is 8.20. The molecule has 148 valence electrons. The molecule has 0 bridgehead atoms. The number of hydrogen-bond donors (Lipinski definition) is 1. The Morgan fingerprint density at radius 1 is 1.21 bits per heavy atom. The Morgan fingerprint density at radius 3 is 2.46 bits per heavy atom. The number of anilines is 1. The summed E-state index contributed by atoms with van der Waals surface area (Å²) < 4.78 is 52.3. The molecule has 1 aromatic carbocycles. The predicted molar refractivity (Wildman–Crippen MR) is 98.0 cm³/mol. The van der Waals surface area contributed by atoms with Gasteiger partial charge in [0.25, 0.3) is 0 Å². The number of carbonyl (C=O) groups excluding carboxylic acids is 1. The van der Waals surface area contributed by atoms with Crippen LogP contribution in [-0.2, 0) is 17.4 Å². The minimum atomic E-state index is -4.64. The highest BCUT2D eigenvalue weighted by Gasteiger charge is 2.31. The molecule has 1 amide bonds. The molecule has 9 heteroatoms. The molecule has 28 heavy (non-hydrogen) atoms. The lowest BCUT2D eigenvalue weighted by Crippen LogP contribution is -2.21. The van der Waals surface area contributed by atoms with Gasteiger partial charge in [-0.05, 0) is 61.7 Å². The van der Waals surface area contributed by atoms with Crippen molar-refractivity contribution in [1.29, 1.82) is 0 Å². The summed E-state index contributed by atoms with van der Waals surface area (Å²) in [6, 6.07) is 5.54. The number of aromatic nitrogens is 1. The average molecular weight is 394 g/mol. The number of alkyl halides is 3. The van der Waals surface area contributed by atoms with E-state index in [4.69, 9.17) is 5.73 Å². The summed E-state index contributed by atoms with van der Waals surface area (Å²) in [6.45, 7) is 6.56. The Balaban J connectivity index is 2.39. The summed E-state index contributed by atoms with van der Waals surface area (Å²) in [5, 5.41) is 5.10. The molecule has 1 aromatic heterocycles. The monoisotopic (exact) mass is 394 g/mol. The summed E-state index contributed by atoms with van der Waals surface area (Å²) in [5.74, 6) is -1.32. The van der Waals surface area contributed by atoms with E-state index in [0.29, 0.717) is 17.3 Å². The highest BCUT2D eigenvalue weighted by Crippen LogP contribution is 2.31. The fourth-order valence-corrected chi connectivity index (χ4v) is 2.53. The van der Waals surface area contributed by atoms with E-state index in [1.807, 2.05) is 0 Å². The van der Waals surface area contributed by atoms with Gasteiger partial charge in [-0.15, -0.1) is 0 Å². The van der Waals surface area contributed by atoms with Gasteiger partial charge in [0.1, 0.15) is 5.82 Å². The van der Waals surface area contributed by atoms with Crippen molar-refractivity contribution in [1.82, 2.24) is 4.98 Å². The SMILES string of the molecule is C=NN(/C(C)=C(\C)C(N)=O)c1cc(Cc2cc(F)cc(C(F)(F)F)c2)ccn1. The minimum Gasteiger partial charge on any atom is -0.366 e. The van der Waals surface area contributed by atoms with Crippen LogP contribution in [0.3, 0.4) is 0 Å². The van der Waals surface area contributed by atoms with Gasteiger partial charge in [-0.2, -0.15) is 18.3 Å². The van der Waals surface area contributed by atoms with Crippen LogP contribution in [0.15, 0.2) is 52.9 Å². The van der Waals surface area contributed by atoms with Crippen LogP contribution in [0.25, 0.3) is 0 Å². The van der Waals surface area contributed by atoms with Gasteiger partial charge in [-0.1, -0.05) is 0 Å². The van der Waals surface area contributed by atoms with Crippen molar-refractivity contribution in [3.05, 3.63) is 70.3 Å². The van der Waals surface area contributed by atoms with E-state index < -0.39 is 23.5 Å². The zero-order valence-electron chi connectivity index (χ0n) is 15.2. The molecule has 2 rings (SSSR count). The molecular weight excluding hydrogens is 376 g/mol. The first-order chi connectivity index (χ1) is 13.0. The maximum absolute atomic E-state index is 13.6. The maximum atomic E-state index is 13.6. The van der Waals surface area contributed by atoms with Gasteiger partial charge in [0, 0.05) is 24.2 Å². The highest BCUT2D eigenvalue weighted by atomic mass is 19.4. The fraction of sp³-hybridized carbons (Fsp3) is 0.211. The Bertz CT molecular complexity index is 938. The second-order valence-electron chi connectivity index (χ2n) is 6.07. The molecule has 0 saturated heterocycles. The van der Waals surface area contributed by atoms with Gasteiger partial charge in [-0.25, -0.2) is 14.4 Å². The van der Waals surface area contributed by atoms with Crippen molar-refractivity contribution in [2.75, 3.05) is 5.01 Å². The number of nitrogens with two attached hydrogens (primary N) is 1. The lowest BCUT2D eigenvalue weighted by Gasteiger charge is -2.20. The van der Waals surface area contributed by atoms with E-state index in [9.17, 15) is 22.4 Å². The summed E-state index contributed by atoms with van der Waals surface area (Å²) in [7, 11) is 0. The van der Waals surface area contributed by atoms with Crippen molar-refractivity contribution in [2.24, 2.45) is 10.8 Å². The minimum absolute atomic E-state index is 0.0406. The Morgan fingerprint density at radius 2 is 1.89 bits per heavy atom. The van der Waals surface area contributed by atoms with Gasteiger partial charge in [0.05, 0.1) is 5.56 Å². The number of allylic oxidation sites excluding steroid dienone is 1. The molecule has 0 unspecified atom stereocenters. The zero-order chi connectivity index (χ0) is 21.1. The normalized spacial score (nSPS) is 12.4. The Hall–Kier alpha value is -3.23. The molecule has 0 radical (unpaired) electrons. The Labute approximate surface area is 159 Å². The molecule has 0 aliphatic rings. The van der Waals surface area contributed by atoms with Crippen LogP contribution in [0, 0.1) is 5.82 Å². The van der Waals surface area contributed by atoms with Crippen LogP contribution in [0.4, 0.5) is 23.4 Å². The average Bonchev–Trinajstić information content (AvgIpc) is 2.60. The van der Waals surface area contributed by atoms with Gasteiger partial charge < -0.3 is 5.73 Å². The van der Waals surface area contributed by atoms with Crippen LogP contribution < -0.4 is 10.7 Å². The number of hydrazone groups is 1. The number of halogens is 4. The number of benzene rings is 1. The number of nitrogens with zero attached hydrogens (tertiary/aromatic N) is 3. The zero-order valence-corrected chi connectivity index (χ0v) is 15.2. The van der Waals surface area contributed by atoms with Crippen molar-refractivity contribution < 1.29 is 22.4 Å². The molecule has 2 N–H and O–H groups in total. The van der Waals surface area contributed by atoms with Crippen molar-refractivity contribution >= 4 is 18.4 Å². The topological polar surface area (TPSA) is 71.6 Å². The summed E-state index contributed by atoms with van der Waals surface area (Å²) in [5.41, 5.74) is 5.59. The van der Waals surface area contributed by atoms with E-state index in [0.717, 1.165) is 12.1 Å². The number of primary amides is 1. The molecule has 0 atom stereocenters. The van der Waals surface area contributed by atoms with Crippen LogP contribution in [-0.4, -0.2) is 17.6 Å². The number of hydrogen-bond acceptors (Lipinski definition) is 4. The van der Waals surface area contributed by atoms with E-state index in [-0.39, 0.29) is 23.4 Å². The smallest absolute Gasteiger partial charge is 0.366 e. The first-order valence-corrected chi connectivity index (χ1v) is 8.08. The molecule has 0 saturated carbocycles. The third-order valence-corrected chi connectivity index (χ3v) is 4.09. The van der Waals surface area contributed by atoms with Crippen molar-refractivity contribution in [2.45, 2.75) is 26.4 Å². The molecule has 0 aliphatic carbocycles. The van der Waals surface area contributed by atoms with E-state index >= 15 is 0 Å². The molecule has 0 fully saturated rings. The van der Waals surface area contributed by atoms with Gasteiger partial charge in [0.15, 0.2) is 5.82 Å². The summed E-state index contributed by atoms with van der Waals surface area (Å²) in [4.78, 5) is 15.5. The standard InChI is InChI=1S/C19H18F4N4O/c1-11(18(24)28)12(2)27(25-3)17-9-13(4-5-26-17)6-14-7-15(19(21,22)23)10-16(20)8-14/h4-5,7-10H,3,6H2,1-2H3,(H2,24,28)/b12-11+. The predicted octanol–water partition coefficient (Wildman–Crippen LogP) is 4.03. The van der Waals surface area contributed by atoms with E-state index in [1.54, 1.807) is 19.1 Å². The van der Waals surface area contributed by atoms with Crippen LogP contribution in [0.2, 0.25) is 0 Å². The number of rotatable bonds is 6. The third kappa shape index (κ3) is 4.93. The Kier molecular flexibility index (Phi) is 6.17. The summed E-state index contributed by atoms with van der Waals surface area (Å²) >= 11 is 0. The number of amides is 1. The van der Waals surface area contributed by atoms with Gasteiger partial charge in [-0.3, -0.25) is 4.79 Å². The molecule has 1 heterocycles. The van der Waals surface area contributed by atoms with Crippen molar-refractivity contribution in [3.63, 3.8) is 0 Å². The maximum Gasteiger partial charge on any atom is 0.416 e. The largest absolute Gasteiger partial charge is 0.416 e. The van der Waals surface area contributed by atoms with Crippen molar-refractivity contribution in [3.8, 4) is 0 Å². The highest BCUT2D eigenvalue weighted by molar-refractivity contribution is 5.92. The third-order valence-electron chi connectivity index (χ3n) is 4.09. The first-order valence-electron chi connectivity index (χ1n) is 8.08. The second-order valence-corrected chi connectivity index (χ2v) is 6.07. The molecule has 0 spiro atoms. The van der Waals surface area contributed by atoms with E-state index in [1.165, 1.54) is 18.1 Å². The number of pyridine rings is 1. The molecule has 0 aliphatic heterocycles. The van der Waals surface area contributed by atoms with Crippen LogP contribution in [0.5, 0.6) is 0 Å². The summed E-state index contributed by atoms with van der Waals surface area (Å²) in [6.07, 6.45) is -3.17. The quantitative estimate of drug-likeness (QED) is 0.348. The van der Waals surface area contributed by atoms with Gasteiger partial charge in [0.2, 0.25) is 5.91 Å². The lowest BCUT2D eigenvalue weighted by molar-refractivity contribution is -0.137. The molecule has 2 aromatic rings. The van der Waals surface area contributed by atoms with Gasteiger partial charge >= 0.3 is 6.18 Å². The van der Waals surface area contributed by atoms with Crippen LogP contribution >= 0.6 is 0 Å². The molecular formula is C19H18F4N4O. The van der Waals surface area contributed by atoms with Crippen LogP contribution in [0.1, 0.15) is 30.5 Å². The number of carbonyl (C=O) groups is 1. The lowest BCUT2D eigenvalue weighted by atomic mass is 10.0. The first kappa shape index (κ1) is 21.1. The fourth-order valence-electron chi connectivity index (χ4n) is 2.53. The van der Waals surface area contributed by atoms with E-state index in [2.05, 4.69) is 16.8 Å². The molecule has 5 nitrogen and oxygen atoms in total.